The Morgan fingerprint density at radius 1 is 1.09 bits per heavy atom. The average molecular weight is 517 g/mol. The molecule has 2 amide bonds. The van der Waals surface area contributed by atoms with Crippen LogP contribution in [-0.2, 0) is 9.59 Å². The van der Waals surface area contributed by atoms with Crippen LogP contribution in [0.15, 0.2) is 48.5 Å². The largest absolute Gasteiger partial charge is 0.492 e. The third kappa shape index (κ3) is 5.94. The molecule has 3 aromatic rings. The molecule has 188 valence electrons. The van der Waals surface area contributed by atoms with Crippen molar-refractivity contribution in [1.29, 1.82) is 0 Å². The standard InChI is InChI=1S/C26H32N4O3S.ClH/c1-4-28(5-2)15-16-29(26-27-24-21(33-6-3)13-10-14-22(24)34-26)25(32)19-17-23(31)30(18-19)20-11-8-7-9-12-20;/h7-14,19H,4-6,15-18H2,1-3H3;1H. The predicted octanol–water partition coefficient (Wildman–Crippen LogP) is 4.84. The highest BCUT2D eigenvalue weighted by Gasteiger charge is 2.38. The number of thiazole rings is 1. The minimum atomic E-state index is -0.400. The van der Waals surface area contributed by atoms with Crippen molar-refractivity contribution in [1.82, 2.24) is 9.88 Å². The van der Waals surface area contributed by atoms with Crippen molar-refractivity contribution in [3.05, 3.63) is 48.5 Å². The SMILES string of the molecule is CCOc1cccc2sc(N(CCN(CC)CC)C(=O)C3CC(=O)N(c4ccccc4)C3)nc12.Cl. The molecule has 0 saturated carbocycles. The summed E-state index contributed by atoms with van der Waals surface area (Å²) in [7, 11) is 0. The van der Waals surface area contributed by atoms with Crippen LogP contribution >= 0.6 is 23.7 Å². The summed E-state index contributed by atoms with van der Waals surface area (Å²) in [5.74, 6) is 0.264. The fraction of sp³-hybridized carbons (Fsp3) is 0.423. The number of hydrogen-bond acceptors (Lipinski definition) is 6. The minimum absolute atomic E-state index is 0. The number of para-hydroxylation sites is 2. The lowest BCUT2D eigenvalue weighted by atomic mass is 10.1. The molecule has 2 heterocycles. The Morgan fingerprint density at radius 2 is 1.83 bits per heavy atom. The number of fused-ring (bicyclic) bond motifs is 1. The normalized spacial score (nSPS) is 15.5. The number of hydrogen-bond donors (Lipinski definition) is 0. The summed E-state index contributed by atoms with van der Waals surface area (Å²) in [6.45, 7) is 10.2. The number of nitrogens with zero attached hydrogens (tertiary/aromatic N) is 4. The van der Waals surface area contributed by atoms with E-state index >= 15 is 0 Å². The molecular formula is C26H33ClN4O3S. The van der Waals surface area contributed by atoms with Gasteiger partial charge >= 0.3 is 0 Å². The molecule has 0 radical (unpaired) electrons. The van der Waals surface area contributed by atoms with E-state index in [0.717, 1.165) is 41.3 Å². The molecule has 35 heavy (non-hydrogen) atoms. The van der Waals surface area contributed by atoms with E-state index < -0.39 is 5.92 Å². The third-order valence-electron chi connectivity index (χ3n) is 6.24. The van der Waals surface area contributed by atoms with Crippen LogP contribution < -0.4 is 14.5 Å². The second-order valence-electron chi connectivity index (χ2n) is 8.29. The minimum Gasteiger partial charge on any atom is -0.492 e. The molecule has 1 aliphatic heterocycles. The van der Waals surface area contributed by atoms with Gasteiger partial charge in [-0.2, -0.15) is 0 Å². The molecule has 1 aromatic heterocycles. The van der Waals surface area contributed by atoms with Crippen LogP contribution in [0, 0.1) is 5.92 Å². The highest BCUT2D eigenvalue weighted by Crippen LogP contribution is 2.36. The molecule has 9 heteroatoms. The van der Waals surface area contributed by atoms with E-state index in [-0.39, 0.29) is 30.6 Å². The zero-order valence-corrected chi connectivity index (χ0v) is 22.1. The van der Waals surface area contributed by atoms with Gasteiger partial charge in [-0.15, -0.1) is 12.4 Å². The van der Waals surface area contributed by atoms with E-state index in [2.05, 4.69) is 18.7 Å². The van der Waals surface area contributed by atoms with Crippen LogP contribution in [0.3, 0.4) is 0 Å². The van der Waals surface area contributed by atoms with E-state index in [1.54, 1.807) is 9.80 Å². The summed E-state index contributed by atoms with van der Waals surface area (Å²) in [5.41, 5.74) is 1.61. The molecule has 1 fully saturated rings. The summed E-state index contributed by atoms with van der Waals surface area (Å²) in [4.78, 5) is 37.2. The van der Waals surface area contributed by atoms with Gasteiger partial charge in [0.15, 0.2) is 5.13 Å². The fourth-order valence-electron chi connectivity index (χ4n) is 4.33. The lowest BCUT2D eigenvalue weighted by Crippen LogP contribution is -2.42. The molecule has 7 nitrogen and oxygen atoms in total. The molecule has 1 aliphatic rings. The molecule has 4 rings (SSSR count). The van der Waals surface area contributed by atoms with Gasteiger partial charge in [0.2, 0.25) is 11.8 Å². The molecular weight excluding hydrogens is 484 g/mol. The first-order valence-corrected chi connectivity index (χ1v) is 12.8. The first kappa shape index (κ1) is 26.9. The zero-order valence-electron chi connectivity index (χ0n) is 20.5. The van der Waals surface area contributed by atoms with Crippen molar-refractivity contribution in [3.63, 3.8) is 0 Å². The molecule has 1 saturated heterocycles. The summed E-state index contributed by atoms with van der Waals surface area (Å²) in [5, 5.41) is 0.657. The average Bonchev–Trinajstić information content (AvgIpc) is 3.46. The summed E-state index contributed by atoms with van der Waals surface area (Å²) >= 11 is 1.49. The van der Waals surface area contributed by atoms with Crippen LogP contribution in [0.5, 0.6) is 5.75 Å². The Hall–Kier alpha value is -2.68. The number of rotatable bonds is 10. The monoisotopic (exact) mass is 516 g/mol. The van der Waals surface area contributed by atoms with Gasteiger partial charge in [0, 0.05) is 31.7 Å². The molecule has 0 spiro atoms. The van der Waals surface area contributed by atoms with Gasteiger partial charge in [-0.25, -0.2) is 4.98 Å². The Morgan fingerprint density at radius 3 is 2.51 bits per heavy atom. The number of ether oxygens (including phenoxy) is 1. The lowest BCUT2D eigenvalue weighted by molar-refractivity contribution is -0.124. The van der Waals surface area contributed by atoms with Crippen molar-refractivity contribution in [2.45, 2.75) is 27.2 Å². The molecule has 1 unspecified atom stereocenters. The number of amides is 2. The molecule has 0 N–H and O–H groups in total. The second kappa shape index (κ2) is 12.3. The Labute approximate surface area is 217 Å². The summed E-state index contributed by atoms with van der Waals surface area (Å²) in [6, 6.07) is 15.4. The Balaban J connectivity index is 0.00000342. The predicted molar refractivity (Wildman–Crippen MR) is 145 cm³/mol. The topological polar surface area (TPSA) is 66.0 Å². The lowest BCUT2D eigenvalue weighted by Gasteiger charge is -2.26. The number of likely N-dealkylation sites (N-methyl/N-ethyl adjacent to an activating group) is 1. The van der Waals surface area contributed by atoms with Crippen LogP contribution in [0.2, 0.25) is 0 Å². The zero-order chi connectivity index (χ0) is 24.1. The molecule has 2 aromatic carbocycles. The van der Waals surface area contributed by atoms with Crippen LogP contribution in [0.1, 0.15) is 27.2 Å². The Bertz CT molecular complexity index is 1140. The van der Waals surface area contributed by atoms with Crippen molar-refractivity contribution < 1.29 is 14.3 Å². The Kier molecular flexibility index (Phi) is 9.48. The van der Waals surface area contributed by atoms with Gasteiger partial charge in [0.05, 0.1) is 17.2 Å². The van der Waals surface area contributed by atoms with Crippen molar-refractivity contribution >= 4 is 56.6 Å². The number of benzene rings is 2. The van der Waals surface area contributed by atoms with Gasteiger partial charge in [0.25, 0.3) is 0 Å². The maximum atomic E-state index is 13.8. The summed E-state index contributed by atoms with van der Waals surface area (Å²) < 4.78 is 6.75. The number of carbonyl (C=O) groups is 2. The van der Waals surface area contributed by atoms with Gasteiger partial charge in [-0.1, -0.05) is 49.4 Å². The van der Waals surface area contributed by atoms with E-state index in [1.807, 2.05) is 55.5 Å². The van der Waals surface area contributed by atoms with Crippen LogP contribution in [-0.4, -0.2) is 61.0 Å². The quantitative estimate of drug-likeness (QED) is 0.385. The van der Waals surface area contributed by atoms with Crippen molar-refractivity contribution in [2.24, 2.45) is 5.92 Å². The maximum Gasteiger partial charge on any atom is 0.234 e. The van der Waals surface area contributed by atoms with Crippen LogP contribution in [0.4, 0.5) is 10.8 Å². The highest BCUT2D eigenvalue weighted by atomic mass is 35.5. The van der Waals surface area contributed by atoms with E-state index in [1.165, 1.54) is 11.3 Å². The highest BCUT2D eigenvalue weighted by molar-refractivity contribution is 7.22. The van der Waals surface area contributed by atoms with Gasteiger partial charge in [-0.3, -0.25) is 14.5 Å². The number of aromatic nitrogens is 1. The van der Waals surface area contributed by atoms with Gasteiger partial charge in [0.1, 0.15) is 11.3 Å². The number of carbonyl (C=O) groups excluding carboxylic acids is 2. The van der Waals surface area contributed by atoms with Gasteiger partial charge in [-0.05, 0) is 44.3 Å². The first-order chi connectivity index (χ1) is 16.5. The van der Waals surface area contributed by atoms with E-state index in [0.29, 0.717) is 24.8 Å². The van der Waals surface area contributed by atoms with E-state index in [4.69, 9.17) is 9.72 Å². The van der Waals surface area contributed by atoms with E-state index in [9.17, 15) is 9.59 Å². The first-order valence-electron chi connectivity index (χ1n) is 12.0. The van der Waals surface area contributed by atoms with Crippen molar-refractivity contribution in [3.8, 4) is 5.75 Å². The number of anilines is 2. The smallest absolute Gasteiger partial charge is 0.234 e. The fourth-order valence-corrected chi connectivity index (χ4v) is 5.35. The molecule has 1 atom stereocenters. The third-order valence-corrected chi connectivity index (χ3v) is 7.29. The number of halogens is 1. The maximum absolute atomic E-state index is 13.8. The van der Waals surface area contributed by atoms with Crippen LogP contribution in [0.25, 0.3) is 10.2 Å². The summed E-state index contributed by atoms with van der Waals surface area (Å²) in [6.07, 6.45) is 0.213. The van der Waals surface area contributed by atoms with Crippen molar-refractivity contribution in [2.75, 3.05) is 49.1 Å². The second-order valence-corrected chi connectivity index (χ2v) is 9.30. The van der Waals surface area contributed by atoms with Gasteiger partial charge < -0.3 is 14.5 Å². The molecule has 0 aliphatic carbocycles. The molecule has 0 bridgehead atoms.